The second-order valence-corrected chi connectivity index (χ2v) is 9.14. The summed E-state index contributed by atoms with van der Waals surface area (Å²) < 4.78 is 30.1. The van der Waals surface area contributed by atoms with Crippen LogP contribution in [0.3, 0.4) is 0 Å². The molecule has 0 radical (unpaired) electrons. The Morgan fingerprint density at radius 3 is 1.96 bits per heavy atom. The molecule has 6 heteroatoms. The maximum absolute atomic E-state index is 6.27. The highest BCUT2D eigenvalue weighted by atomic mass is 28.4. The van der Waals surface area contributed by atoms with Gasteiger partial charge >= 0.3 is 8.80 Å². The van der Waals surface area contributed by atoms with E-state index in [9.17, 15) is 0 Å². The lowest BCUT2D eigenvalue weighted by Gasteiger charge is -2.40. The summed E-state index contributed by atoms with van der Waals surface area (Å²) in [5.74, 6) is 0. The standard InChI is InChI=1S/C17H34O5Si/c1-4-20-23(21-5-2,22-6-3)17-12-10-8-7-9-11-16(17)19-14-15-13-18-15/h15-17H,4-14H2,1-3H3. The van der Waals surface area contributed by atoms with Gasteiger partial charge in [-0.15, -0.1) is 0 Å². The first-order valence-electron chi connectivity index (χ1n) is 9.40. The Balaban J connectivity index is 2.14. The van der Waals surface area contributed by atoms with Gasteiger partial charge < -0.3 is 22.8 Å². The van der Waals surface area contributed by atoms with Gasteiger partial charge in [0.2, 0.25) is 0 Å². The Bertz CT molecular complexity index is 307. The van der Waals surface area contributed by atoms with Gasteiger partial charge in [0.15, 0.2) is 0 Å². The number of rotatable bonds is 10. The SMILES string of the molecule is CCO[Si](OCC)(OCC)C1CCCCCCC1OCC1CO1. The summed E-state index contributed by atoms with van der Waals surface area (Å²) in [6, 6.07) is 0. The molecule has 3 atom stereocenters. The van der Waals surface area contributed by atoms with Gasteiger partial charge in [-0.1, -0.05) is 25.7 Å². The van der Waals surface area contributed by atoms with Crippen molar-refractivity contribution in [2.45, 2.75) is 77.0 Å². The number of hydrogen-bond donors (Lipinski definition) is 0. The summed E-state index contributed by atoms with van der Waals surface area (Å²) in [7, 11) is -2.73. The predicted octanol–water partition coefficient (Wildman–Crippen LogP) is 3.54. The second-order valence-electron chi connectivity index (χ2n) is 6.33. The molecule has 0 N–H and O–H groups in total. The zero-order valence-electron chi connectivity index (χ0n) is 15.1. The van der Waals surface area contributed by atoms with Gasteiger partial charge in [-0.25, -0.2) is 0 Å². The van der Waals surface area contributed by atoms with Crippen molar-refractivity contribution in [3.63, 3.8) is 0 Å². The summed E-state index contributed by atoms with van der Waals surface area (Å²) in [6.07, 6.45) is 7.58. The third-order valence-electron chi connectivity index (χ3n) is 4.59. The molecule has 2 rings (SSSR count). The van der Waals surface area contributed by atoms with Crippen LogP contribution >= 0.6 is 0 Å². The number of ether oxygens (including phenoxy) is 2. The third-order valence-corrected chi connectivity index (χ3v) is 8.23. The smallest absolute Gasteiger partial charge is 0.375 e. The van der Waals surface area contributed by atoms with E-state index in [0.717, 1.165) is 19.4 Å². The highest BCUT2D eigenvalue weighted by Gasteiger charge is 2.52. The Labute approximate surface area is 142 Å². The molecule has 1 aliphatic carbocycles. The van der Waals surface area contributed by atoms with Gasteiger partial charge in [0.05, 0.1) is 24.9 Å². The predicted molar refractivity (Wildman–Crippen MR) is 91.6 cm³/mol. The van der Waals surface area contributed by atoms with E-state index in [0.29, 0.717) is 32.5 Å². The van der Waals surface area contributed by atoms with Crippen LogP contribution in [-0.4, -0.2) is 54.0 Å². The largest absolute Gasteiger partial charge is 0.506 e. The summed E-state index contributed by atoms with van der Waals surface area (Å²) in [5.41, 5.74) is 0.237. The van der Waals surface area contributed by atoms with Crippen molar-refractivity contribution in [3.8, 4) is 0 Å². The van der Waals surface area contributed by atoms with E-state index >= 15 is 0 Å². The Hall–Kier alpha value is 0.0169. The summed E-state index contributed by atoms with van der Waals surface area (Å²) >= 11 is 0. The molecular weight excluding hydrogens is 312 g/mol. The molecule has 0 aromatic heterocycles. The van der Waals surface area contributed by atoms with Crippen molar-refractivity contribution < 1.29 is 22.8 Å². The molecule has 0 spiro atoms. The monoisotopic (exact) mass is 346 g/mol. The molecule has 23 heavy (non-hydrogen) atoms. The summed E-state index contributed by atoms with van der Waals surface area (Å²) in [5, 5.41) is 0. The Morgan fingerprint density at radius 1 is 0.870 bits per heavy atom. The van der Waals surface area contributed by atoms with Gasteiger partial charge in [-0.3, -0.25) is 0 Å². The first kappa shape index (κ1) is 19.3. The summed E-state index contributed by atoms with van der Waals surface area (Å²) in [6.45, 7) is 9.48. The molecule has 1 heterocycles. The molecular formula is C17H34O5Si. The van der Waals surface area contributed by atoms with Crippen molar-refractivity contribution in [3.05, 3.63) is 0 Å². The van der Waals surface area contributed by atoms with E-state index in [1.54, 1.807) is 0 Å². The van der Waals surface area contributed by atoms with Crippen LogP contribution in [0.4, 0.5) is 0 Å². The van der Waals surface area contributed by atoms with Crippen molar-refractivity contribution in [1.82, 2.24) is 0 Å². The van der Waals surface area contributed by atoms with Crippen LogP contribution < -0.4 is 0 Å². The maximum Gasteiger partial charge on any atom is 0.506 e. The van der Waals surface area contributed by atoms with E-state index in [1.165, 1.54) is 25.7 Å². The molecule has 5 nitrogen and oxygen atoms in total. The van der Waals surface area contributed by atoms with Gasteiger partial charge in [-0.2, -0.15) is 0 Å². The average Bonchev–Trinajstić information content (AvgIpc) is 3.31. The number of hydrogen-bond acceptors (Lipinski definition) is 5. The molecule has 2 aliphatic rings. The van der Waals surface area contributed by atoms with Crippen LogP contribution in [0, 0.1) is 0 Å². The van der Waals surface area contributed by atoms with E-state index < -0.39 is 8.80 Å². The van der Waals surface area contributed by atoms with Crippen LogP contribution in [0.15, 0.2) is 0 Å². The van der Waals surface area contributed by atoms with Crippen LogP contribution in [0.5, 0.6) is 0 Å². The highest BCUT2D eigenvalue weighted by molar-refractivity contribution is 6.62. The zero-order chi connectivity index (χ0) is 16.5. The van der Waals surface area contributed by atoms with Crippen molar-refractivity contribution in [2.24, 2.45) is 0 Å². The molecule has 0 aromatic rings. The molecule has 1 saturated heterocycles. The molecule has 0 amide bonds. The molecule has 2 fully saturated rings. The number of epoxide rings is 1. The Kier molecular flexibility index (Phi) is 8.50. The van der Waals surface area contributed by atoms with Crippen molar-refractivity contribution >= 4 is 8.80 Å². The quantitative estimate of drug-likeness (QED) is 0.447. The van der Waals surface area contributed by atoms with Gasteiger partial charge in [-0.05, 0) is 33.6 Å². The minimum absolute atomic E-state index is 0.163. The summed E-state index contributed by atoms with van der Waals surface area (Å²) in [4.78, 5) is 0. The van der Waals surface area contributed by atoms with Crippen LogP contribution in [0.25, 0.3) is 0 Å². The third kappa shape index (κ3) is 5.79. The molecule has 136 valence electrons. The Morgan fingerprint density at radius 2 is 1.43 bits per heavy atom. The molecule has 1 aliphatic heterocycles. The van der Waals surface area contributed by atoms with E-state index in [1.807, 2.05) is 20.8 Å². The topological polar surface area (TPSA) is 49.5 Å². The molecule has 3 unspecified atom stereocenters. The fourth-order valence-electron chi connectivity index (χ4n) is 3.50. The lowest BCUT2D eigenvalue weighted by atomic mass is 9.98. The average molecular weight is 347 g/mol. The lowest BCUT2D eigenvalue weighted by molar-refractivity contribution is -0.0112. The maximum atomic E-state index is 6.27. The molecule has 1 saturated carbocycles. The molecule has 0 aromatic carbocycles. The highest BCUT2D eigenvalue weighted by Crippen LogP contribution is 2.39. The zero-order valence-corrected chi connectivity index (χ0v) is 16.1. The van der Waals surface area contributed by atoms with E-state index in [2.05, 4.69) is 0 Å². The van der Waals surface area contributed by atoms with Gasteiger partial charge in [0.1, 0.15) is 6.10 Å². The fourth-order valence-corrected chi connectivity index (χ4v) is 6.87. The minimum atomic E-state index is -2.73. The van der Waals surface area contributed by atoms with Crippen LogP contribution in [0.2, 0.25) is 5.54 Å². The first-order valence-corrected chi connectivity index (χ1v) is 11.2. The van der Waals surface area contributed by atoms with Crippen molar-refractivity contribution in [1.29, 1.82) is 0 Å². The fraction of sp³-hybridized carbons (Fsp3) is 1.00. The second kappa shape index (κ2) is 10.1. The molecule has 0 bridgehead atoms. The van der Waals surface area contributed by atoms with E-state index in [-0.39, 0.29) is 11.6 Å². The van der Waals surface area contributed by atoms with E-state index in [4.69, 9.17) is 22.8 Å². The minimum Gasteiger partial charge on any atom is -0.375 e. The van der Waals surface area contributed by atoms with Crippen LogP contribution in [0.1, 0.15) is 59.3 Å². The van der Waals surface area contributed by atoms with Gasteiger partial charge in [0.25, 0.3) is 0 Å². The normalized spacial score (nSPS) is 29.1. The van der Waals surface area contributed by atoms with Crippen molar-refractivity contribution in [2.75, 3.05) is 33.0 Å². The first-order chi connectivity index (χ1) is 11.3. The van der Waals surface area contributed by atoms with Crippen LogP contribution in [-0.2, 0) is 22.8 Å². The van der Waals surface area contributed by atoms with Gasteiger partial charge in [0, 0.05) is 19.8 Å². The lowest BCUT2D eigenvalue weighted by Crippen LogP contribution is -2.54.